The van der Waals surface area contributed by atoms with Crippen LogP contribution in [0.2, 0.25) is 0 Å². The fourth-order valence-electron chi connectivity index (χ4n) is 3.59. The van der Waals surface area contributed by atoms with Crippen molar-refractivity contribution in [1.29, 1.82) is 0 Å². The second-order valence-electron chi connectivity index (χ2n) is 6.93. The van der Waals surface area contributed by atoms with Crippen LogP contribution >= 0.6 is 0 Å². The largest absolute Gasteiger partial charge is 0.348 e. The van der Waals surface area contributed by atoms with E-state index in [1.165, 1.54) is 11.8 Å². The highest BCUT2D eigenvalue weighted by atomic mass is 16.1. The second-order valence-corrected chi connectivity index (χ2v) is 6.93. The Morgan fingerprint density at radius 3 is 2.69 bits per heavy atom. The van der Waals surface area contributed by atoms with E-state index >= 15 is 0 Å². The maximum atomic E-state index is 12.5. The van der Waals surface area contributed by atoms with Crippen LogP contribution in [0.25, 0.3) is 27.8 Å². The maximum absolute atomic E-state index is 12.5. The summed E-state index contributed by atoms with van der Waals surface area (Å²) in [6.45, 7) is 2.50. The van der Waals surface area contributed by atoms with Crippen molar-refractivity contribution in [1.82, 2.24) is 29.3 Å². The van der Waals surface area contributed by atoms with Crippen molar-refractivity contribution in [2.24, 2.45) is 7.05 Å². The lowest BCUT2D eigenvalue weighted by molar-refractivity contribution is 0.825. The molecule has 0 amide bonds. The number of aromatic amines is 1. The molecule has 3 heterocycles. The Labute approximate surface area is 165 Å². The third kappa shape index (κ3) is 2.85. The van der Waals surface area contributed by atoms with Gasteiger partial charge in [-0.15, -0.1) is 0 Å². The summed E-state index contributed by atoms with van der Waals surface area (Å²) in [5.41, 5.74) is 4.33. The third-order valence-corrected chi connectivity index (χ3v) is 5.04. The number of aromatic nitrogens is 6. The molecule has 2 N–H and O–H groups in total. The molecule has 0 radical (unpaired) electrons. The van der Waals surface area contributed by atoms with Crippen molar-refractivity contribution in [3.05, 3.63) is 76.5 Å². The third-order valence-electron chi connectivity index (χ3n) is 5.04. The summed E-state index contributed by atoms with van der Waals surface area (Å²) in [6, 6.07) is 15.7. The van der Waals surface area contributed by atoms with Gasteiger partial charge in [0.25, 0.3) is 5.56 Å². The van der Waals surface area contributed by atoms with E-state index in [0.717, 1.165) is 22.5 Å². The first kappa shape index (κ1) is 17.2. The molecule has 0 bridgehead atoms. The number of H-pyrrole nitrogens is 1. The lowest BCUT2D eigenvalue weighted by Crippen LogP contribution is -2.15. The molecule has 5 aromatic rings. The molecule has 29 heavy (non-hydrogen) atoms. The van der Waals surface area contributed by atoms with Crippen LogP contribution in [-0.4, -0.2) is 29.3 Å². The minimum absolute atomic E-state index is 0.236. The number of anilines is 1. The summed E-state index contributed by atoms with van der Waals surface area (Å²) < 4.78 is 3.72. The number of hydrogen-bond donors (Lipinski definition) is 2. The summed E-state index contributed by atoms with van der Waals surface area (Å²) in [5.74, 6) is 1.23. The van der Waals surface area contributed by atoms with E-state index in [0.29, 0.717) is 23.5 Å². The van der Waals surface area contributed by atoms with Crippen molar-refractivity contribution in [2.75, 3.05) is 5.32 Å². The molecular formula is C21H19N7O. The molecule has 0 unspecified atom stereocenters. The Kier molecular flexibility index (Phi) is 3.90. The van der Waals surface area contributed by atoms with Crippen LogP contribution in [-0.2, 0) is 13.6 Å². The minimum Gasteiger partial charge on any atom is -0.348 e. The van der Waals surface area contributed by atoms with E-state index < -0.39 is 0 Å². The molecule has 0 spiro atoms. The van der Waals surface area contributed by atoms with Gasteiger partial charge in [0.15, 0.2) is 5.65 Å². The van der Waals surface area contributed by atoms with Gasteiger partial charge in [0.05, 0.1) is 29.5 Å². The molecule has 0 saturated heterocycles. The number of rotatable bonds is 4. The standard InChI is InChI=1S/C21H19N7O/c1-13-7-6-10-16-18(13)27(2)17(24-16)12-22-21-25-19-15(20(29)26-21)11-23-28(19)14-8-4-3-5-9-14/h3-11H,12H2,1-2H3,(H2,22,25,26,29). The number of benzene rings is 2. The number of para-hydroxylation sites is 2. The summed E-state index contributed by atoms with van der Waals surface area (Å²) in [7, 11) is 1.99. The van der Waals surface area contributed by atoms with E-state index in [1.54, 1.807) is 4.68 Å². The van der Waals surface area contributed by atoms with Gasteiger partial charge in [-0.2, -0.15) is 10.1 Å². The van der Waals surface area contributed by atoms with Crippen LogP contribution in [0.15, 0.2) is 59.5 Å². The van der Waals surface area contributed by atoms with Crippen LogP contribution in [0.3, 0.4) is 0 Å². The van der Waals surface area contributed by atoms with Crippen LogP contribution in [0, 0.1) is 6.92 Å². The number of imidazole rings is 1. The van der Waals surface area contributed by atoms with Crippen LogP contribution in [0.1, 0.15) is 11.4 Å². The topological polar surface area (TPSA) is 93.4 Å². The average molecular weight is 385 g/mol. The van der Waals surface area contributed by atoms with Crippen molar-refractivity contribution < 1.29 is 0 Å². The lowest BCUT2D eigenvalue weighted by atomic mass is 10.2. The zero-order valence-electron chi connectivity index (χ0n) is 16.0. The highest BCUT2D eigenvalue weighted by molar-refractivity contribution is 5.79. The first-order valence-corrected chi connectivity index (χ1v) is 9.30. The monoisotopic (exact) mass is 385 g/mol. The van der Waals surface area contributed by atoms with E-state index in [9.17, 15) is 4.79 Å². The van der Waals surface area contributed by atoms with Gasteiger partial charge < -0.3 is 9.88 Å². The quantitative estimate of drug-likeness (QED) is 0.496. The summed E-state index contributed by atoms with van der Waals surface area (Å²) in [5, 5.41) is 7.96. The Balaban J connectivity index is 1.51. The van der Waals surface area contributed by atoms with E-state index in [-0.39, 0.29) is 5.56 Å². The van der Waals surface area contributed by atoms with Gasteiger partial charge in [-0.1, -0.05) is 30.3 Å². The molecule has 0 aliphatic heterocycles. The van der Waals surface area contributed by atoms with Crippen LogP contribution < -0.4 is 10.9 Å². The molecule has 8 heteroatoms. The normalized spacial score (nSPS) is 11.4. The lowest BCUT2D eigenvalue weighted by Gasteiger charge is -2.07. The zero-order chi connectivity index (χ0) is 20.0. The molecule has 0 atom stereocenters. The Morgan fingerprint density at radius 2 is 1.90 bits per heavy atom. The van der Waals surface area contributed by atoms with E-state index in [2.05, 4.69) is 37.9 Å². The molecular weight excluding hydrogens is 366 g/mol. The predicted octanol–water partition coefficient (Wildman–Crippen LogP) is 2.92. The second kappa shape index (κ2) is 6.59. The molecule has 5 rings (SSSR count). The van der Waals surface area contributed by atoms with Gasteiger partial charge in [0, 0.05) is 7.05 Å². The molecule has 0 saturated carbocycles. The SMILES string of the molecule is Cc1cccc2nc(CNc3nc4c(cnn4-c4ccccc4)c(=O)[nH]3)n(C)c12. The molecule has 144 valence electrons. The highest BCUT2D eigenvalue weighted by Gasteiger charge is 2.13. The predicted molar refractivity (Wildman–Crippen MR) is 112 cm³/mol. The Morgan fingerprint density at radius 1 is 1.07 bits per heavy atom. The minimum atomic E-state index is -0.236. The average Bonchev–Trinajstić information content (AvgIpc) is 3.29. The van der Waals surface area contributed by atoms with Gasteiger partial charge in [-0.25, -0.2) is 9.67 Å². The van der Waals surface area contributed by atoms with Crippen LogP contribution in [0.4, 0.5) is 5.95 Å². The number of aryl methyl sites for hydroxylation is 2. The summed E-state index contributed by atoms with van der Waals surface area (Å²) in [6.07, 6.45) is 1.53. The highest BCUT2D eigenvalue weighted by Crippen LogP contribution is 2.19. The number of hydrogen-bond acceptors (Lipinski definition) is 5. The fourth-order valence-corrected chi connectivity index (χ4v) is 3.59. The van der Waals surface area contributed by atoms with Crippen molar-refractivity contribution in [3.8, 4) is 5.69 Å². The molecule has 3 aromatic heterocycles. The summed E-state index contributed by atoms with van der Waals surface area (Å²) >= 11 is 0. The number of nitrogens with one attached hydrogen (secondary N) is 2. The molecule has 0 aliphatic carbocycles. The smallest absolute Gasteiger partial charge is 0.263 e. The van der Waals surface area contributed by atoms with Crippen molar-refractivity contribution in [2.45, 2.75) is 13.5 Å². The first-order valence-electron chi connectivity index (χ1n) is 9.30. The van der Waals surface area contributed by atoms with Crippen LogP contribution in [0.5, 0.6) is 0 Å². The molecule has 8 nitrogen and oxygen atoms in total. The molecule has 2 aromatic carbocycles. The molecule has 0 aliphatic rings. The summed E-state index contributed by atoms with van der Waals surface area (Å²) in [4.78, 5) is 24.6. The van der Waals surface area contributed by atoms with Gasteiger partial charge in [-0.3, -0.25) is 9.78 Å². The maximum Gasteiger partial charge on any atom is 0.263 e. The van der Waals surface area contributed by atoms with Gasteiger partial charge in [-0.05, 0) is 30.7 Å². The van der Waals surface area contributed by atoms with E-state index in [4.69, 9.17) is 4.98 Å². The molecule has 0 fully saturated rings. The van der Waals surface area contributed by atoms with Crippen molar-refractivity contribution in [3.63, 3.8) is 0 Å². The zero-order valence-corrected chi connectivity index (χ0v) is 16.0. The Bertz CT molecular complexity index is 1400. The van der Waals surface area contributed by atoms with E-state index in [1.807, 2.05) is 49.5 Å². The number of fused-ring (bicyclic) bond motifs is 2. The number of nitrogens with zero attached hydrogens (tertiary/aromatic N) is 5. The van der Waals surface area contributed by atoms with Gasteiger partial charge in [0.2, 0.25) is 5.95 Å². The fraction of sp³-hybridized carbons (Fsp3) is 0.143. The Hall–Kier alpha value is -3.94. The van der Waals surface area contributed by atoms with Gasteiger partial charge in [0.1, 0.15) is 11.2 Å². The van der Waals surface area contributed by atoms with Gasteiger partial charge >= 0.3 is 0 Å². The first-order chi connectivity index (χ1) is 14.1. The van der Waals surface area contributed by atoms with Crippen molar-refractivity contribution >= 4 is 28.0 Å².